The molecule has 7 heteroatoms. The Balaban J connectivity index is 2.80. The van der Waals surface area contributed by atoms with Crippen molar-refractivity contribution >= 4 is 23.4 Å². The fourth-order valence-electron chi connectivity index (χ4n) is 1.44. The van der Waals surface area contributed by atoms with E-state index in [0.29, 0.717) is 12.2 Å². The fourth-order valence-corrected chi connectivity index (χ4v) is 1.93. The van der Waals surface area contributed by atoms with Gasteiger partial charge in [-0.15, -0.1) is 0 Å². The van der Waals surface area contributed by atoms with Gasteiger partial charge < -0.3 is 11.1 Å². The largest absolute Gasteiger partial charge is 0.418 e. The van der Waals surface area contributed by atoms with Crippen LogP contribution in [-0.4, -0.2) is 24.0 Å². The molecule has 1 rings (SSSR count). The van der Waals surface area contributed by atoms with Crippen LogP contribution in [0.4, 0.5) is 18.9 Å². The van der Waals surface area contributed by atoms with Gasteiger partial charge in [0.25, 0.3) is 0 Å². The molecule has 0 aliphatic heterocycles. The lowest BCUT2D eigenvalue weighted by Gasteiger charge is -2.16. The van der Waals surface area contributed by atoms with Crippen LogP contribution < -0.4 is 11.1 Å². The molecule has 0 aliphatic carbocycles. The van der Waals surface area contributed by atoms with Gasteiger partial charge in [0.05, 0.1) is 17.3 Å². The van der Waals surface area contributed by atoms with Gasteiger partial charge in [-0.1, -0.05) is 12.1 Å². The minimum absolute atomic E-state index is 0.264. The van der Waals surface area contributed by atoms with Crippen LogP contribution in [0.2, 0.25) is 0 Å². The monoisotopic (exact) mass is 292 g/mol. The summed E-state index contributed by atoms with van der Waals surface area (Å²) in [6, 6.07) is 4.02. The first kappa shape index (κ1) is 15.8. The fraction of sp³-hybridized carbons (Fsp3) is 0.417. The Labute approximate surface area is 113 Å². The van der Waals surface area contributed by atoms with Gasteiger partial charge in [-0.25, -0.2) is 0 Å². The molecule has 0 aromatic heterocycles. The second-order valence-corrected chi connectivity index (χ2v) is 4.91. The summed E-state index contributed by atoms with van der Waals surface area (Å²) >= 11 is 1.52. The molecular weight excluding hydrogens is 277 g/mol. The van der Waals surface area contributed by atoms with E-state index in [2.05, 4.69) is 5.32 Å². The summed E-state index contributed by atoms with van der Waals surface area (Å²) in [4.78, 5) is 11.7. The molecule has 1 aromatic rings. The summed E-state index contributed by atoms with van der Waals surface area (Å²) in [5.41, 5.74) is 4.46. The molecule has 0 unspecified atom stereocenters. The molecule has 0 aliphatic rings. The Bertz CT molecular complexity index is 437. The first-order valence-corrected chi connectivity index (χ1v) is 6.97. The van der Waals surface area contributed by atoms with Gasteiger partial charge in [-0.2, -0.15) is 24.9 Å². The van der Waals surface area contributed by atoms with Crippen LogP contribution in [-0.2, 0) is 11.0 Å². The van der Waals surface area contributed by atoms with Gasteiger partial charge in [0.1, 0.15) is 0 Å². The average molecular weight is 292 g/mol. The maximum absolute atomic E-state index is 12.7. The van der Waals surface area contributed by atoms with Crippen LogP contribution in [0, 0.1) is 0 Å². The summed E-state index contributed by atoms with van der Waals surface area (Å²) in [5, 5.41) is 2.23. The lowest BCUT2D eigenvalue weighted by Crippen LogP contribution is -2.36. The number of hydrogen-bond acceptors (Lipinski definition) is 3. The Morgan fingerprint density at radius 3 is 2.63 bits per heavy atom. The predicted octanol–water partition coefficient (Wildman–Crippen LogP) is 2.72. The normalized spacial score (nSPS) is 13.1. The van der Waals surface area contributed by atoms with Crippen LogP contribution in [0.5, 0.6) is 0 Å². The van der Waals surface area contributed by atoms with Gasteiger partial charge in [0.2, 0.25) is 5.91 Å². The number of carbonyl (C=O) groups excluding carboxylic acids is 1. The smallest absolute Gasteiger partial charge is 0.324 e. The number of thioether (sulfide) groups is 1. The molecule has 1 aromatic carbocycles. The SMILES string of the molecule is CSCC[C@H](N)C(=O)Nc1ccccc1C(F)(F)F. The van der Waals surface area contributed by atoms with E-state index in [-0.39, 0.29) is 5.69 Å². The Morgan fingerprint density at radius 1 is 1.42 bits per heavy atom. The van der Waals surface area contributed by atoms with Crippen molar-refractivity contribution in [3.05, 3.63) is 29.8 Å². The summed E-state index contributed by atoms with van der Waals surface area (Å²) in [6.45, 7) is 0. The van der Waals surface area contributed by atoms with Crippen LogP contribution in [0.25, 0.3) is 0 Å². The number of nitrogens with one attached hydrogen (secondary N) is 1. The summed E-state index contributed by atoms with van der Waals surface area (Å²) in [5.74, 6) is 0.0703. The lowest BCUT2D eigenvalue weighted by molar-refractivity contribution is -0.137. The van der Waals surface area contributed by atoms with Crippen LogP contribution in [0.15, 0.2) is 24.3 Å². The van der Waals surface area contributed by atoms with E-state index >= 15 is 0 Å². The van der Waals surface area contributed by atoms with Gasteiger partial charge in [0.15, 0.2) is 0 Å². The van der Waals surface area contributed by atoms with E-state index in [0.717, 1.165) is 6.07 Å². The van der Waals surface area contributed by atoms with Crippen molar-refractivity contribution in [3.8, 4) is 0 Å². The minimum atomic E-state index is -4.51. The van der Waals surface area contributed by atoms with Gasteiger partial charge in [-0.3, -0.25) is 4.79 Å². The van der Waals surface area contributed by atoms with E-state index < -0.39 is 23.7 Å². The summed E-state index contributed by atoms with van der Waals surface area (Å²) in [7, 11) is 0. The first-order valence-electron chi connectivity index (χ1n) is 5.58. The highest BCUT2D eigenvalue weighted by molar-refractivity contribution is 7.98. The number of halogens is 3. The second kappa shape index (κ2) is 6.81. The average Bonchev–Trinajstić information content (AvgIpc) is 2.35. The molecule has 3 N–H and O–H groups in total. The van der Waals surface area contributed by atoms with Crippen molar-refractivity contribution in [2.75, 3.05) is 17.3 Å². The predicted molar refractivity (Wildman–Crippen MR) is 71.0 cm³/mol. The zero-order valence-electron chi connectivity index (χ0n) is 10.3. The highest BCUT2D eigenvalue weighted by Crippen LogP contribution is 2.34. The minimum Gasteiger partial charge on any atom is -0.324 e. The van der Waals surface area contributed by atoms with E-state index in [1.165, 1.54) is 30.0 Å². The van der Waals surface area contributed by atoms with Crippen molar-refractivity contribution < 1.29 is 18.0 Å². The zero-order chi connectivity index (χ0) is 14.5. The number of nitrogens with two attached hydrogens (primary N) is 1. The number of rotatable bonds is 5. The number of anilines is 1. The zero-order valence-corrected chi connectivity index (χ0v) is 11.1. The molecule has 0 fully saturated rings. The molecule has 106 valence electrons. The maximum Gasteiger partial charge on any atom is 0.418 e. The third-order valence-electron chi connectivity index (χ3n) is 2.46. The van der Waals surface area contributed by atoms with Crippen LogP contribution in [0.3, 0.4) is 0 Å². The molecule has 0 saturated carbocycles. The molecule has 0 radical (unpaired) electrons. The number of amides is 1. The van der Waals surface area contributed by atoms with Crippen molar-refractivity contribution in [3.63, 3.8) is 0 Å². The standard InChI is InChI=1S/C12H15F3N2OS/c1-19-7-6-9(16)11(18)17-10-5-3-2-4-8(10)12(13,14)15/h2-5,9H,6-7,16H2,1H3,(H,17,18)/t9-/m0/s1. The van der Waals surface area contributed by atoms with Crippen molar-refractivity contribution in [2.24, 2.45) is 5.73 Å². The van der Waals surface area contributed by atoms with Crippen molar-refractivity contribution in [1.82, 2.24) is 0 Å². The number of hydrogen-bond donors (Lipinski definition) is 2. The Hall–Kier alpha value is -1.21. The highest BCUT2D eigenvalue weighted by atomic mass is 32.2. The quantitative estimate of drug-likeness (QED) is 0.877. The second-order valence-electron chi connectivity index (χ2n) is 3.92. The number of carbonyl (C=O) groups is 1. The Morgan fingerprint density at radius 2 is 2.05 bits per heavy atom. The lowest BCUT2D eigenvalue weighted by atomic mass is 10.1. The van der Waals surface area contributed by atoms with E-state index in [4.69, 9.17) is 5.73 Å². The molecule has 0 heterocycles. The van der Waals surface area contributed by atoms with Crippen LogP contribution >= 0.6 is 11.8 Å². The number of alkyl halides is 3. The third kappa shape index (κ3) is 4.76. The van der Waals surface area contributed by atoms with E-state index in [9.17, 15) is 18.0 Å². The molecule has 0 bridgehead atoms. The van der Waals surface area contributed by atoms with Gasteiger partial charge >= 0.3 is 6.18 Å². The summed E-state index contributed by atoms with van der Waals surface area (Å²) < 4.78 is 38.1. The van der Waals surface area contributed by atoms with Gasteiger partial charge in [-0.05, 0) is 30.6 Å². The topological polar surface area (TPSA) is 55.1 Å². The van der Waals surface area contributed by atoms with E-state index in [1.807, 2.05) is 6.26 Å². The molecule has 1 atom stereocenters. The molecule has 0 spiro atoms. The number of benzene rings is 1. The first-order chi connectivity index (χ1) is 8.86. The molecule has 1 amide bonds. The van der Waals surface area contributed by atoms with E-state index in [1.54, 1.807) is 0 Å². The molecule has 0 saturated heterocycles. The van der Waals surface area contributed by atoms with Crippen molar-refractivity contribution in [2.45, 2.75) is 18.6 Å². The van der Waals surface area contributed by atoms with Crippen molar-refractivity contribution in [1.29, 1.82) is 0 Å². The Kier molecular flexibility index (Phi) is 5.68. The molecule has 3 nitrogen and oxygen atoms in total. The molecular formula is C12H15F3N2OS. The molecule has 19 heavy (non-hydrogen) atoms. The highest BCUT2D eigenvalue weighted by Gasteiger charge is 2.33. The maximum atomic E-state index is 12.7. The van der Waals surface area contributed by atoms with Gasteiger partial charge in [0, 0.05) is 0 Å². The van der Waals surface area contributed by atoms with Crippen LogP contribution in [0.1, 0.15) is 12.0 Å². The third-order valence-corrected chi connectivity index (χ3v) is 3.10. The summed E-state index contributed by atoms with van der Waals surface area (Å²) in [6.07, 6.45) is -2.22. The number of para-hydroxylation sites is 1.